The van der Waals surface area contributed by atoms with Crippen LogP contribution >= 0.6 is 15.9 Å². The van der Waals surface area contributed by atoms with Gasteiger partial charge in [-0.25, -0.2) is 4.98 Å². The van der Waals surface area contributed by atoms with E-state index in [1.54, 1.807) is 0 Å². The molecular formula is C18H24BrN3O. The Morgan fingerprint density at radius 3 is 2.83 bits per heavy atom. The molecule has 0 radical (unpaired) electrons. The molecule has 4 nitrogen and oxygen atoms in total. The summed E-state index contributed by atoms with van der Waals surface area (Å²) in [6.07, 6.45) is 4.42. The van der Waals surface area contributed by atoms with E-state index in [0.717, 1.165) is 51.2 Å². The van der Waals surface area contributed by atoms with Crippen LogP contribution in [0, 0.1) is 0 Å². The van der Waals surface area contributed by atoms with Crippen molar-refractivity contribution in [1.29, 1.82) is 0 Å². The molecule has 2 heterocycles. The van der Waals surface area contributed by atoms with E-state index in [0.29, 0.717) is 5.92 Å². The van der Waals surface area contributed by atoms with Crippen LogP contribution in [-0.2, 0) is 11.3 Å². The van der Waals surface area contributed by atoms with Gasteiger partial charge in [-0.3, -0.25) is 0 Å². The van der Waals surface area contributed by atoms with Crippen LogP contribution in [0.2, 0.25) is 0 Å². The van der Waals surface area contributed by atoms with E-state index in [9.17, 15) is 0 Å². The van der Waals surface area contributed by atoms with Crippen LogP contribution in [0.15, 0.2) is 35.5 Å². The molecule has 1 aliphatic rings. The summed E-state index contributed by atoms with van der Waals surface area (Å²) in [6.45, 7) is 6.60. The van der Waals surface area contributed by atoms with Crippen LogP contribution in [0.4, 0.5) is 0 Å². The number of halogens is 1. The molecule has 0 unspecified atom stereocenters. The van der Waals surface area contributed by atoms with Crippen LogP contribution in [0.25, 0.3) is 11.0 Å². The van der Waals surface area contributed by atoms with Gasteiger partial charge in [-0.15, -0.1) is 0 Å². The Labute approximate surface area is 146 Å². The van der Waals surface area contributed by atoms with Crippen LogP contribution in [0.1, 0.15) is 31.5 Å². The fourth-order valence-corrected chi connectivity index (χ4v) is 3.66. The Morgan fingerprint density at radius 1 is 1.30 bits per heavy atom. The standard InChI is InChI=1S/C18H24BrN3O/c1-2-23-14-13-22-17-6-4-3-5-16(17)20-18(22)15-7-10-21(11-8-15)12-9-19/h3-6,9,12,15H,2,7-8,10-11,13-14H2,1H3. The summed E-state index contributed by atoms with van der Waals surface area (Å²) in [5.74, 6) is 1.76. The number of aromatic nitrogens is 2. The Kier molecular flexibility index (Phi) is 5.73. The third kappa shape index (κ3) is 3.78. The third-order valence-electron chi connectivity index (χ3n) is 4.51. The number of nitrogens with zero attached hydrogens (tertiary/aromatic N) is 3. The fraction of sp³-hybridized carbons (Fsp3) is 0.500. The second-order valence-electron chi connectivity index (χ2n) is 5.89. The minimum absolute atomic E-state index is 0.531. The number of benzene rings is 1. The van der Waals surface area contributed by atoms with Gasteiger partial charge in [0, 0.05) is 38.4 Å². The van der Waals surface area contributed by atoms with Crippen LogP contribution in [0.5, 0.6) is 0 Å². The molecule has 0 amide bonds. The van der Waals surface area contributed by atoms with Crippen molar-refractivity contribution < 1.29 is 4.74 Å². The maximum Gasteiger partial charge on any atom is 0.113 e. The highest BCUT2D eigenvalue weighted by molar-refractivity contribution is 9.11. The fourth-order valence-electron chi connectivity index (χ4n) is 3.33. The second-order valence-corrected chi connectivity index (χ2v) is 6.42. The third-order valence-corrected chi connectivity index (χ3v) is 4.75. The topological polar surface area (TPSA) is 30.3 Å². The minimum Gasteiger partial charge on any atom is -0.380 e. The van der Waals surface area contributed by atoms with Crippen molar-refractivity contribution in [2.24, 2.45) is 0 Å². The average Bonchev–Trinajstić information content (AvgIpc) is 2.95. The zero-order valence-corrected chi connectivity index (χ0v) is 15.2. The van der Waals surface area contributed by atoms with Crippen molar-refractivity contribution >= 4 is 27.0 Å². The van der Waals surface area contributed by atoms with Crippen molar-refractivity contribution in [2.45, 2.75) is 32.2 Å². The second kappa shape index (κ2) is 7.97. The molecule has 0 saturated carbocycles. The summed E-state index contributed by atoms with van der Waals surface area (Å²) in [7, 11) is 0. The predicted molar refractivity (Wildman–Crippen MR) is 97.8 cm³/mol. The van der Waals surface area contributed by atoms with Gasteiger partial charge >= 0.3 is 0 Å². The number of rotatable bonds is 6. The molecule has 0 spiro atoms. The van der Waals surface area contributed by atoms with E-state index >= 15 is 0 Å². The highest BCUT2D eigenvalue weighted by Crippen LogP contribution is 2.30. The molecule has 5 heteroatoms. The summed E-state index contributed by atoms with van der Waals surface area (Å²) in [6, 6.07) is 8.43. The zero-order valence-electron chi connectivity index (χ0n) is 13.6. The molecule has 0 bridgehead atoms. The van der Waals surface area contributed by atoms with Crippen LogP contribution in [0.3, 0.4) is 0 Å². The largest absolute Gasteiger partial charge is 0.380 e. The lowest BCUT2D eigenvalue weighted by Gasteiger charge is -2.31. The average molecular weight is 378 g/mol. The lowest BCUT2D eigenvalue weighted by Crippen LogP contribution is -2.29. The highest BCUT2D eigenvalue weighted by atomic mass is 79.9. The first kappa shape index (κ1) is 16.5. The monoisotopic (exact) mass is 377 g/mol. The number of likely N-dealkylation sites (tertiary alicyclic amines) is 1. The number of piperidine rings is 1. The maximum atomic E-state index is 5.58. The van der Waals surface area contributed by atoms with E-state index in [1.165, 1.54) is 11.3 Å². The molecule has 2 aromatic rings. The summed E-state index contributed by atoms with van der Waals surface area (Å²) in [5.41, 5.74) is 2.33. The Bertz CT molecular complexity index is 659. The van der Waals surface area contributed by atoms with Crippen molar-refractivity contribution in [3.05, 3.63) is 41.3 Å². The van der Waals surface area contributed by atoms with Crippen LogP contribution < -0.4 is 0 Å². The molecule has 3 rings (SSSR count). The number of ether oxygens (including phenoxy) is 1. The van der Waals surface area contributed by atoms with Gasteiger partial charge in [-0.1, -0.05) is 28.1 Å². The van der Waals surface area contributed by atoms with Gasteiger partial charge in [0.2, 0.25) is 0 Å². The molecule has 124 valence electrons. The maximum absolute atomic E-state index is 5.58. The van der Waals surface area contributed by atoms with Gasteiger partial charge in [0.05, 0.1) is 17.6 Å². The van der Waals surface area contributed by atoms with Gasteiger partial charge < -0.3 is 14.2 Å². The molecule has 0 atom stereocenters. The molecule has 1 fully saturated rings. The van der Waals surface area contributed by atoms with Crippen molar-refractivity contribution in [1.82, 2.24) is 14.5 Å². The highest BCUT2D eigenvalue weighted by Gasteiger charge is 2.24. The van der Waals surface area contributed by atoms with Gasteiger partial charge in [-0.2, -0.15) is 0 Å². The molecule has 23 heavy (non-hydrogen) atoms. The first-order chi connectivity index (χ1) is 11.3. The minimum atomic E-state index is 0.531. The lowest BCUT2D eigenvalue weighted by atomic mass is 9.96. The number of imidazole rings is 1. The van der Waals surface area contributed by atoms with E-state index < -0.39 is 0 Å². The molecule has 0 N–H and O–H groups in total. The molecule has 1 aromatic carbocycles. The van der Waals surface area contributed by atoms with E-state index in [2.05, 4.69) is 55.9 Å². The predicted octanol–water partition coefficient (Wildman–Crippen LogP) is 4.12. The van der Waals surface area contributed by atoms with E-state index in [1.807, 2.05) is 11.9 Å². The Balaban J connectivity index is 1.83. The van der Waals surface area contributed by atoms with Gasteiger partial charge in [0.1, 0.15) is 5.82 Å². The van der Waals surface area contributed by atoms with Crippen molar-refractivity contribution in [2.75, 3.05) is 26.3 Å². The quantitative estimate of drug-likeness (QED) is 0.709. The number of hydrogen-bond donors (Lipinski definition) is 0. The molecular weight excluding hydrogens is 354 g/mol. The molecule has 0 aliphatic carbocycles. The number of fused-ring (bicyclic) bond motifs is 1. The van der Waals surface area contributed by atoms with Gasteiger partial charge in [0.15, 0.2) is 0 Å². The first-order valence-electron chi connectivity index (χ1n) is 8.37. The number of para-hydroxylation sites is 2. The SMILES string of the molecule is CCOCCn1c(C2CCN(C=CBr)CC2)nc2ccccc21. The smallest absolute Gasteiger partial charge is 0.113 e. The Hall–Kier alpha value is -1.33. The normalized spacial score (nSPS) is 16.7. The van der Waals surface area contributed by atoms with Gasteiger partial charge in [-0.05, 0) is 36.9 Å². The number of hydrogen-bond acceptors (Lipinski definition) is 3. The summed E-state index contributed by atoms with van der Waals surface area (Å²) in [5, 5.41) is 0. The summed E-state index contributed by atoms with van der Waals surface area (Å²) >= 11 is 3.36. The Morgan fingerprint density at radius 2 is 2.09 bits per heavy atom. The molecule has 1 saturated heterocycles. The van der Waals surface area contributed by atoms with Crippen LogP contribution in [-0.4, -0.2) is 40.8 Å². The van der Waals surface area contributed by atoms with Crippen molar-refractivity contribution in [3.63, 3.8) is 0 Å². The molecule has 1 aromatic heterocycles. The first-order valence-corrected chi connectivity index (χ1v) is 9.29. The van der Waals surface area contributed by atoms with E-state index in [4.69, 9.17) is 9.72 Å². The van der Waals surface area contributed by atoms with Crippen molar-refractivity contribution in [3.8, 4) is 0 Å². The molecule has 1 aliphatic heterocycles. The zero-order chi connectivity index (χ0) is 16.1. The van der Waals surface area contributed by atoms with Gasteiger partial charge in [0.25, 0.3) is 0 Å². The lowest BCUT2D eigenvalue weighted by molar-refractivity contribution is 0.138. The van der Waals surface area contributed by atoms with E-state index in [-0.39, 0.29) is 0 Å². The summed E-state index contributed by atoms with van der Waals surface area (Å²) < 4.78 is 7.94. The summed E-state index contributed by atoms with van der Waals surface area (Å²) in [4.78, 5) is 9.24.